The summed E-state index contributed by atoms with van der Waals surface area (Å²) in [5.41, 5.74) is 7.14. The lowest BCUT2D eigenvalue weighted by molar-refractivity contribution is 0.100. The molecule has 1 aliphatic rings. The molecule has 0 spiro atoms. The van der Waals surface area contributed by atoms with E-state index in [1.165, 1.54) is 30.2 Å². The van der Waals surface area contributed by atoms with Gasteiger partial charge in [-0.2, -0.15) is 0 Å². The van der Waals surface area contributed by atoms with Gasteiger partial charge in [-0.05, 0) is 25.0 Å². The SMILES string of the molecule is CN(C(=O)n1cnc(-c2cccc(C(N)=O)c2)c1)C1CCCCC1. The van der Waals surface area contributed by atoms with Gasteiger partial charge in [0, 0.05) is 30.4 Å². The summed E-state index contributed by atoms with van der Waals surface area (Å²) in [4.78, 5) is 30.0. The highest BCUT2D eigenvalue weighted by molar-refractivity contribution is 5.94. The number of imidazole rings is 1. The van der Waals surface area contributed by atoms with Crippen LogP contribution in [-0.4, -0.2) is 39.5 Å². The maximum absolute atomic E-state index is 12.6. The van der Waals surface area contributed by atoms with Gasteiger partial charge in [0.15, 0.2) is 0 Å². The monoisotopic (exact) mass is 326 g/mol. The van der Waals surface area contributed by atoms with Gasteiger partial charge < -0.3 is 10.6 Å². The molecule has 0 unspecified atom stereocenters. The highest BCUT2D eigenvalue weighted by Crippen LogP contribution is 2.23. The number of carbonyl (C=O) groups is 2. The van der Waals surface area contributed by atoms with Crippen molar-refractivity contribution >= 4 is 11.9 Å². The van der Waals surface area contributed by atoms with E-state index in [4.69, 9.17) is 5.73 Å². The Bertz CT molecular complexity index is 747. The van der Waals surface area contributed by atoms with Crippen molar-refractivity contribution in [1.29, 1.82) is 0 Å². The van der Waals surface area contributed by atoms with Crippen molar-refractivity contribution in [2.24, 2.45) is 5.73 Å². The molecule has 2 N–H and O–H groups in total. The number of hydrogen-bond acceptors (Lipinski definition) is 3. The normalized spacial score (nSPS) is 15.2. The second kappa shape index (κ2) is 6.86. The minimum Gasteiger partial charge on any atom is -0.366 e. The summed E-state index contributed by atoms with van der Waals surface area (Å²) in [7, 11) is 1.85. The van der Waals surface area contributed by atoms with Crippen LogP contribution in [0, 0.1) is 0 Å². The lowest BCUT2D eigenvalue weighted by Gasteiger charge is -2.31. The average Bonchev–Trinajstić information content (AvgIpc) is 3.11. The predicted molar refractivity (Wildman–Crippen MR) is 91.6 cm³/mol. The van der Waals surface area contributed by atoms with Crippen molar-refractivity contribution in [3.63, 3.8) is 0 Å². The van der Waals surface area contributed by atoms with Gasteiger partial charge in [0.05, 0.1) is 5.69 Å². The third-order valence-corrected chi connectivity index (χ3v) is 4.67. The molecule has 0 radical (unpaired) electrons. The van der Waals surface area contributed by atoms with Crippen LogP contribution in [0.4, 0.5) is 4.79 Å². The molecule has 24 heavy (non-hydrogen) atoms. The Morgan fingerprint density at radius 3 is 2.71 bits per heavy atom. The molecular formula is C18H22N4O2. The van der Waals surface area contributed by atoms with Crippen molar-refractivity contribution in [2.45, 2.75) is 38.1 Å². The Balaban J connectivity index is 1.78. The van der Waals surface area contributed by atoms with Crippen LogP contribution in [0.2, 0.25) is 0 Å². The van der Waals surface area contributed by atoms with Gasteiger partial charge >= 0.3 is 6.03 Å². The molecule has 0 atom stereocenters. The maximum Gasteiger partial charge on any atom is 0.329 e. The molecule has 1 heterocycles. The van der Waals surface area contributed by atoms with Gasteiger partial charge in [-0.1, -0.05) is 31.4 Å². The molecule has 0 aliphatic heterocycles. The van der Waals surface area contributed by atoms with Gasteiger partial charge in [-0.15, -0.1) is 0 Å². The number of amides is 2. The first-order chi connectivity index (χ1) is 11.6. The van der Waals surface area contributed by atoms with E-state index in [1.807, 2.05) is 18.0 Å². The zero-order valence-corrected chi connectivity index (χ0v) is 13.8. The van der Waals surface area contributed by atoms with E-state index < -0.39 is 5.91 Å². The first-order valence-corrected chi connectivity index (χ1v) is 8.27. The Hall–Kier alpha value is -2.63. The highest BCUT2D eigenvalue weighted by Gasteiger charge is 2.23. The molecule has 1 aromatic heterocycles. The second-order valence-electron chi connectivity index (χ2n) is 6.30. The van der Waals surface area contributed by atoms with Crippen molar-refractivity contribution in [3.05, 3.63) is 42.4 Å². The van der Waals surface area contributed by atoms with Crippen molar-refractivity contribution in [2.75, 3.05) is 7.05 Å². The van der Waals surface area contributed by atoms with Gasteiger partial charge in [0.25, 0.3) is 0 Å². The lowest BCUT2D eigenvalue weighted by atomic mass is 9.95. The molecule has 1 aliphatic carbocycles. The van der Waals surface area contributed by atoms with Crippen LogP contribution in [-0.2, 0) is 0 Å². The Kier molecular flexibility index (Phi) is 4.64. The van der Waals surface area contributed by atoms with E-state index in [-0.39, 0.29) is 6.03 Å². The molecule has 1 fully saturated rings. The van der Waals surface area contributed by atoms with Crippen LogP contribution in [0.15, 0.2) is 36.8 Å². The number of hydrogen-bond donors (Lipinski definition) is 1. The molecular weight excluding hydrogens is 304 g/mol. The zero-order chi connectivity index (χ0) is 17.1. The second-order valence-corrected chi connectivity index (χ2v) is 6.30. The van der Waals surface area contributed by atoms with E-state index in [9.17, 15) is 9.59 Å². The Morgan fingerprint density at radius 2 is 2.00 bits per heavy atom. The van der Waals surface area contributed by atoms with Crippen molar-refractivity contribution < 1.29 is 9.59 Å². The topological polar surface area (TPSA) is 81.2 Å². The summed E-state index contributed by atoms with van der Waals surface area (Å²) >= 11 is 0. The number of primary amides is 1. The van der Waals surface area contributed by atoms with Crippen LogP contribution < -0.4 is 5.73 Å². The van der Waals surface area contributed by atoms with E-state index >= 15 is 0 Å². The Morgan fingerprint density at radius 1 is 1.25 bits per heavy atom. The van der Waals surface area contributed by atoms with Crippen LogP contribution in [0.1, 0.15) is 42.5 Å². The number of benzene rings is 1. The summed E-state index contributed by atoms with van der Waals surface area (Å²) < 4.78 is 1.50. The molecule has 2 aromatic rings. The zero-order valence-electron chi connectivity index (χ0n) is 13.8. The standard InChI is InChI=1S/C18H22N4O2/c1-21(15-8-3-2-4-9-15)18(24)22-11-16(20-12-22)13-6-5-7-14(10-13)17(19)23/h5-7,10-12,15H,2-4,8-9H2,1H3,(H2,19,23). The van der Waals surface area contributed by atoms with Crippen LogP contribution >= 0.6 is 0 Å². The van der Waals surface area contributed by atoms with Crippen LogP contribution in [0.25, 0.3) is 11.3 Å². The Labute approximate surface area is 141 Å². The summed E-state index contributed by atoms with van der Waals surface area (Å²) in [5.74, 6) is -0.482. The third-order valence-electron chi connectivity index (χ3n) is 4.67. The number of carbonyl (C=O) groups excluding carboxylic acids is 2. The summed E-state index contributed by atoms with van der Waals surface area (Å²) in [6.07, 6.45) is 8.95. The van der Waals surface area contributed by atoms with E-state index in [0.29, 0.717) is 17.3 Å². The first kappa shape index (κ1) is 16.2. The maximum atomic E-state index is 12.6. The third kappa shape index (κ3) is 3.32. The fourth-order valence-corrected chi connectivity index (χ4v) is 3.21. The number of aromatic nitrogens is 2. The molecule has 126 valence electrons. The summed E-state index contributed by atoms with van der Waals surface area (Å²) in [6.45, 7) is 0. The fraction of sp³-hybridized carbons (Fsp3) is 0.389. The first-order valence-electron chi connectivity index (χ1n) is 8.27. The van der Waals surface area contributed by atoms with Crippen molar-refractivity contribution in [3.8, 4) is 11.3 Å². The summed E-state index contributed by atoms with van der Waals surface area (Å²) in [6, 6.07) is 7.16. The predicted octanol–water partition coefficient (Wildman–Crippen LogP) is 2.88. The molecule has 0 bridgehead atoms. The summed E-state index contributed by atoms with van der Waals surface area (Å²) in [5, 5.41) is 0. The van der Waals surface area contributed by atoms with E-state index in [1.54, 1.807) is 24.4 Å². The molecule has 3 rings (SSSR count). The largest absolute Gasteiger partial charge is 0.366 e. The number of nitrogens with two attached hydrogens (primary N) is 1. The number of nitrogens with zero attached hydrogens (tertiary/aromatic N) is 3. The molecule has 2 amide bonds. The lowest BCUT2D eigenvalue weighted by Crippen LogP contribution is -2.40. The molecule has 0 saturated heterocycles. The molecule has 1 aromatic carbocycles. The minimum absolute atomic E-state index is 0.0771. The highest BCUT2D eigenvalue weighted by atomic mass is 16.2. The molecule has 6 heteroatoms. The number of rotatable bonds is 3. The smallest absolute Gasteiger partial charge is 0.329 e. The van der Waals surface area contributed by atoms with Gasteiger partial charge in [-0.3, -0.25) is 9.36 Å². The van der Waals surface area contributed by atoms with Gasteiger partial charge in [-0.25, -0.2) is 9.78 Å². The fourth-order valence-electron chi connectivity index (χ4n) is 3.21. The van der Waals surface area contributed by atoms with Gasteiger partial charge in [0.2, 0.25) is 5.91 Å². The quantitative estimate of drug-likeness (QED) is 0.941. The molecule has 6 nitrogen and oxygen atoms in total. The van der Waals surface area contributed by atoms with E-state index in [2.05, 4.69) is 4.98 Å². The van der Waals surface area contributed by atoms with Crippen LogP contribution in [0.5, 0.6) is 0 Å². The van der Waals surface area contributed by atoms with Crippen LogP contribution in [0.3, 0.4) is 0 Å². The van der Waals surface area contributed by atoms with Crippen molar-refractivity contribution in [1.82, 2.24) is 14.5 Å². The van der Waals surface area contributed by atoms with E-state index in [0.717, 1.165) is 18.4 Å². The molecule has 1 saturated carbocycles. The average molecular weight is 326 g/mol. The van der Waals surface area contributed by atoms with Gasteiger partial charge in [0.1, 0.15) is 6.33 Å². The minimum atomic E-state index is -0.482.